The first-order valence-corrected chi connectivity index (χ1v) is 8.96. The fourth-order valence-corrected chi connectivity index (χ4v) is 3.68. The standard InChI is InChI=1S/C17H23N3O2S/c1-11(18)13-5-7-20(8-6-13)16(21)10-14-12(2)22-17(19-14)15-4-3-9-23-15/h3-4,9,11,13H,5-8,10,18H2,1-2H3. The number of nitrogens with zero attached hydrogens (tertiary/aromatic N) is 2. The molecular formula is C17H23N3O2S. The Morgan fingerprint density at radius 3 is 2.87 bits per heavy atom. The van der Waals surface area contributed by atoms with Gasteiger partial charge in [-0.05, 0) is 44.1 Å². The van der Waals surface area contributed by atoms with Crippen LogP contribution in [-0.2, 0) is 11.2 Å². The average Bonchev–Trinajstić information content (AvgIpc) is 3.18. The van der Waals surface area contributed by atoms with Crippen molar-refractivity contribution in [1.82, 2.24) is 9.88 Å². The summed E-state index contributed by atoms with van der Waals surface area (Å²) < 4.78 is 5.71. The molecule has 1 atom stereocenters. The Hall–Kier alpha value is -1.66. The van der Waals surface area contributed by atoms with Gasteiger partial charge < -0.3 is 15.1 Å². The molecule has 23 heavy (non-hydrogen) atoms. The molecule has 0 spiro atoms. The number of aryl methyl sites for hydroxylation is 1. The first kappa shape index (κ1) is 16.2. The van der Waals surface area contributed by atoms with E-state index in [1.54, 1.807) is 11.3 Å². The van der Waals surface area contributed by atoms with Gasteiger partial charge in [-0.25, -0.2) is 4.98 Å². The molecule has 0 aromatic carbocycles. The smallest absolute Gasteiger partial charge is 0.236 e. The number of carbonyl (C=O) groups is 1. The molecule has 0 radical (unpaired) electrons. The third-order valence-electron chi connectivity index (χ3n) is 4.58. The molecule has 3 heterocycles. The molecule has 1 aliphatic rings. The second-order valence-corrected chi connectivity index (χ2v) is 7.20. The minimum Gasteiger partial charge on any atom is -0.440 e. The molecule has 1 unspecified atom stereocenters. The summed E-state index contributed by atoms with van der Waals surface area (Å²) in [6.45, 7) is 5.50. The molecular weight excluding hydrogens is 310 g/mol. The SMILES string of the molecule is Cc1oc(-c2cccs2)nc1CC(=O)N1CCC(C(C)N)CC1. The zero-order valence-electron chi connectivity index (χ0n) is 13.6. The van der Waals surface area contributed by atoms with Crippen molar-refractivity contribution in [2.45, 2.75) is 39.2 Å². The second-order valence-electron chi connectivity index (χ2n) is 6.25. The lowest BCUT2D eigenvalue weighted by Gasteiger charge is -2.33. The van der Waals surface area contributed by atoms with Crippen molar-refractivity contribution < 1.29 is 9.21 Å². The normalized spacial score (nSPS) is 17.4. The highest BCUT2D eigenvalue weighted by atomic mass is 32.1. The number of aromatic nitrogens is 1. The number of rotatable bonds is 4. The fourth-order valence-electron chi connectivity index (χ4n) is 3.03. The highest BCUT2D eigenvalue weighted by Crippen LogP contribution is 2.26. The molecule has 2 aromatic heterocycles. The topological polar surface area (TPSA) is 72.4 Å². The Balaban J connectivity index is 1.62. The van der Waals surface area contributed by atoms with Crippen molar-refractivity contribution >= 4 is 17.2 Å². The Bertz CT molecular complexity index is 655. The second kappa shape index (κ2) is 6.84. The zero-order valence-corrected chi connectivity index (χ0v) is 14.4. The van der Waals surface area contributed by atoms with Crippen LogP contribution in [0.1, 0.15) is 31.2 Å². The summed E-state index contributed by atoms with van der Waals surface area (Å²) in [6.07, 6.45) is 2.28. The van der Waals surface area contributed by atoms with Gasteiger partial charge in [-0.15, -0.1) is 11.3 Å². The molecule has 1 saturated heterocycles. The number of carbonyl (C=O) groups excluding carboxylic acids is 1. The van der Waals surface area contributed by atoms with Gasteiger partial charge in [0.2, 0.25) is 11.8 Å². The molecule has 124 valence electrons. The van der Waals surface area contributed by atoms with Gasteiger partial charge in [0, 0.05) is 19.1 Å². The number of thiophene rings is 1. The summed E-state index contributed by atoms with van der Waals surface area (Å²) in [5.74, 6) is 1.99. The van der Waals surface area contributed by atoms with Gasteiger partial charge in [0.15, 0.2) is 0 Å². The Morgan fingerprint density at radius 2 is 2.26 bits per heavy atom. The Morgan fingerprint density at radius 1 is 1.52 bits per heavy atom. The number of oxazole rings is 1. The quantitative estimate of drug-likeness (QED) is 0.934. The van der Waals surface area contributed by atoms with Crippen LogP contribution in [0.4, 0.5) is 0 Å². The number of hydrogen-bond donors (Lipinski definition) is 1. The van der Waals surface area contributed by atoms with Crippen LogP contribution < -0.4 is 5.73 Å². The summed E-state index contributed by atoms with van der Waals surface area (Å²) >= 11 is 1.58. The van der Waals surface area contributed by atoms with Crippen LogP contribution in [0.3, 0.4) is 0 Å². The van der Waals surface area contributed by atoms with E-state index < -0.39 is 0 Å². The number of amides is 1. The van der Waals surface area contributed by atoms with Gasteiger partial charge in [0.1, 0.15) is 5.76 Å². The van der Waals surface area contributed by atoms with Gasteiger partial charge >= 0.3 is 0 Å². The van der Waals surface area contributed by atoms with E-state index in [4.69, 9.17) is 10.2 Å². The minimum atomic E-state index is 0.127. The molecule has 1 fully saturated rings. The molecule has 0 bridgehead atoms. The lowest BCUT2D eigenvalue weighted by molar-refractivity contribution is -0.132. The molecule has 1 aliphatic heterocycles. The number of likely N-dealkylation sites (tertiary alicyclic amines) is 1. The van der Waals surface area contributed by atoms with E-state index in [1.165, 1.54) is 0 Å². The Labute approximate surface area is 140 Å². The molecule has 2 aromatic rings. The molecule has 2 N–H and O–H groups in total. The van der Waals surface area contributed by atoms with Crippen LogP contribution in [-0.4, -0.2) is 34.9 Å². The van der Waals surface area contributed by atoms with Crippen molar-refractivity contribution in [3.8, 4) is 10.8 Å². The maximum Gasteiger partial charge on any atom is 0.236 e. The maximum atomic E-state index is 12.5. The van der Waals surface area contributed by atoms with E-state index in [9.17, 15) is 4.79 Å². The summed E-state index contributed by atoms with van der Waals surface area (Å²) in [5, 5.41) is 1.99. The fraction of sp³-hybridized carbons (Fsp3) is 0.529. The zero-order chi connectivity index (χ0) is 16.4. The highest BCUT2D eigenvalue weighted by Gasteiger charge is 2.26. The van der Waals surface area contributed by atoms with E-state index in [0.29, 0.717) is 18.2 Å². The molecule has 5 nitrogen and oxygen atoms in total. The third kappa shape index (κ3) is 3.64. The molecule has 0 saturated carbocycles. The first-order chi connectivity index (χ1) is 11.0. The molecule has 3 rings (SSSR count). The first-order valence-electron chi connectivity index (χ1n) is 8.08. The summed E-state index contributed by atoms with van der Waals surface area (Å²) in [7, 11) is 0. The van der Waals surface area contributed by atoms with Gasteiger partial charge in [0.25, 0.3) is 0 Å². The summed E-state index contributed by atoms with van der Waals surface area (Å²) in [6, 6.07) is 4.14. The van der Waals surface area contributed by atoms with Crippen LogP contribution in [0.5, 0.6) is 0 Å². The lowest BCUT2D eigenvalue weighted by atomic mass is 9.91. The maximum absolute atomic E-state index is 12.5. The Kier molecular flexibility index (Phi) is 4.82. The van der Waals surface area contributed by atoms with Gasteiger partial charge in [-0.2, -0.15) is 0 Å². The molecule has 1 amide bonds. The van der Waals surface area contributed by atoms with Crippen molar-refractivity contribution in [1.29, 1.82) is 0 Å². The molecule has 0 aliphatic carbocycles. The van der Waals surface area contributed by atoms with Gasteiger partial charge in [0.05, 0.1) is 17.0 Å². The van der Waals surface area contributed by atoms with Crippen LogP contribution >= 0.6 is 11.3 Å². The highest BCUT2D eigenvalue weighted by molar-refractivity contribution is 7.13. The van der Waals surface area contributed by atoms with Crippen molar-refractivity contribution in [2.75, 3.05) is 13.1 Å². The van der Waals surface area contributed by atoms with Gasteiger partial charge in [-0.1, -0.05) is 6.07 Å². The van der Waals surface area contributed by atoms with Gasteiger partial charge in [-0.3, -0.25) is 4.79 Å². The summed E-state index contributed by atoms with van der Waals surface area (Å²) in [4.78, 5) is 19.9. The lowest BCUT2D eigenvalue weighted by Crippen LogP contribution is -2.43. The van der Waals surface area contributed by atoms with Crippen LogP contribution in [0, 0.1) is 12.8 Å². The van der Waals surface area contributed by atoms with E-state index in [-0.39, 0.29) is 11.9 Å². The average molecular weight is 333 g/mol. The van der Waals surface area contributed by atoms with E-state index >= 15 is 0 Å². The van der Waals surface area contributed by atoms with Crippen LogP contribution in [0.2, 0.25) is 0 Å². The minimum absolute atomic E-state index is 0.127. The molecule has 6 heteroatoms. The number of piperidine rings is 1. The van der Waals surface area contributed by atoms with Crippen molar-refractivity contribution in [2.24, 2.45) is 11.7 Å². The van der Waals surface area contributed by atoms with E-state index in [0.717, 1.165) is 42.3 Å². The largest absolute Gasteiger partial charge is 0.440 e. The predicted molar refractivity (Wildman–Crippen MR) is 91.2 cm³/mol. The third-order valence-corrected chi connectivity index (χ3v) is 5.44. The van der Waals surface area contributed by atoms with E-state index in [2.05, 4.69) is 4.98 Å². The van der Waals surface area contributed by atoms with Crippen molar-refractivity contribution in [3.63, 3.8) is 0 Å². The van der Waals surface area contributed by atoms with Crippen LogP contribution in [0.25, 0.3) is 10.8 Å². The number of hydrogen-bond acceptors (Lipinski definition) is 5. The predicted octanol–water partition coefficient (Wildman–Crippen LogP) is 2.84. The van der Waals surface area contributed by atoms with Crippen molar-refractivity contribution in [3.05, 3.63) is 29.0 Å². The monoisotopic (exact) mass is 333 g/mol. The van der Waals surface area contributed by atoms with Crippen LogP contribution in [0.15, 0.2) is 21.9 Å². The van der Waals surface area contributed by atoms with E-state index in [1.807, 2.05) is 36.3 Å². The number of nitrogens with two attached hydrogens (primary N) is 1. The summed E-state index contributed by atoms with van der Waals surface area (Å²) in [5.41, 5.74) is 6.70.